The first-order chi connectivity index (χ1) is 7.78. The highest BCUT2D eigenvalue weighted by atomic mass is 15.1. The standard InChI is InChI=1S/C15H23N/c1-3-5-14-6-4-7-15(10-14)12-16-9-8-13(2)11-16/h4,6-7,10,13H,3,5,8-9,11-12H2,1-2H3. The van der Waals surface area contributed by atoms with Crippen molar-refractivity contribution in [2.45, 2.75) is 39.7 Å². The van der Waals surface area contributed by atoms with Gasteiger partial charge in [0.1, 0.15) is 0 Å². The molecule has 1 aromatic rings. The van der Waals surface area contributed by atoms with Crippen molar-refractivity contribution in [1.82, 2.24) is 4.90 Å². The number of hydrogen-bond acceptors (Lipinski definition) is 1. The summed E-state index contributed by atoms with van der Waals surface area (Å²) in [4.78, 5) is 2.58. The largest absolute Gasteiger partial charge is 0.299 e. The molecule has 0 aromatic heterocycles. The second kappa shape index (κ2) is 5.49. The molecule has 16 heavy (non-hydrogen) atoms. The fourth-order valence-corrected chi connectivity index (χ4v) is 2.60. The predicted molar refractivity (Wildman–Crippen MR) is 69.5 cm³/mol. The van der Waals surface area contributed by atoms with Gasteiger partial charge >= 0.3 is 0 Å². The maximum atomic E-state index is 2.58. The van der Waals surface area contributed by atoms with Gasteiger partial charge in [-0.15, -0.1) is 0 Å². The Labute approximate surface area is 99.5 Å². The lowest BCUT2D eigenvalue weighted by atomic mass is 10.1. The van der Waals surface area contributed by atoms with Gasteiger partial charge in [0, 0.05) is 13.1 Å². The molecule has 0 spiro atoms. The minimum Gasteiger partial charge on any atom is -0.299 e. The van der Waals surface area contributed by atoms with Gasteiger partial charge < -0.3 is 0 Å². The summed E-state index contributed by atoms with van der Waals surface area (Å²) in [5, 5.41) is 0. The Morgan fingerprint density at radius 3 is 2.81 bits per heavy atom. The van der Waals surface area contributed by atoms with Crippen LogP contribution in [-0.2, 0) is 13.0 Å². The summed E-state index contributed by atoms with van der Waals surface area (Å²) in [6, 6.07) is 9.11. The first kappa shape index (κ1) is 11.7. The monoisotopic (exact) mass is 217 g/mol. The molecule has 0 amide bonds. The number of rotatable bonds is 4. The summed E-state index contributed by atoms with van der Waals surface area (Å²) in [5.74, 6) is 0.888. The smallest absolute Gasteiger partial charge is 0.0233 e. The van der Waals surface area contributed by atoms with Gasteiger partial charge in [0.05, 0.1) is 0 Å². The summed E-state index contributed by atoms with van der Waals surface area (Å²) in [6.45, 7) is 8.29. The lowest BCUT2D eigenvalue weighted by molar-refractivity contribution is 0.320. The number of benzene rings is 1. The van der Waals surface area contributed by atoms with E-state index in [1.807, 2.05) is 0 Å². The molecule has 0 saturated carbocycles. The maximum absolute atomic E-state index is 2.58. The SMILES string of the molecule is CCCc1cccc(CN2CCC(C)C2)c1. The van der Waals surface area contributed by atoms with Crippen LogP contribution in [0, 0.1) is 5.92 Å². The quantitative estimate of drug-likeness (QED) is 0.746. The maximum Gasteiger partial charge on any atom is 0.0233 e. The molecular formula is C15H23N. The van der Waals surface area contributed by atoms with Crippen LogP contribution in [-0.4, -0.2) is 18.0 Å². The van der Waals surface area contributed by atoms with Crippen LogP contribution in [0.4, 0.5) is 0 Å². The molecule has 1 aliphatic rings. The molecule has 0 N–H and O–H groups in total. The van der Waals surface area contributed by atoms with Gasteiger partial charge in [-0.05, 0) is 36.4 Å². The van der Waals surface area contributed by atoms with Crippen LogP contribution in [0.3, 0.4) is 0 Å². The second-order valence-electron chi connectivity index (χ2n) is 5.20. The van der Waals surface area contributed by atoms with Gasteiger partial charge in [-0.25, -0.2) is 0 Å². The summed E-state index contributed by atoms with van der Waals surface area (Å²) in [7, 11) is 0. The first-order valence-corrected chi connectivity index (χ1v) is 6.58. The Morgan fingerprint density at radius 2 is 2.12 bits per heavy atom. The molecule has 1 nitrogen and oxygen atoms in total. The summed E-state index contributed by atoms with van der Waals surface area (Å²) < 4.78 is 0. The van der Waals surface area contributed by atoms with Crippen molar-refractivity contribution in [2.75, 3.05) is 13.1 Å². The van der Waals surface area contributed by atoms with E-state index in [-0.39, 0.29) is 0 Å². The molecule has 88 valence electrons. The van der Waals surface area contributed by atoms with Crippen molar-refractivity contribution in [3.8, 4) is 0 Å². The fourth-order valence-electron chi connectivity index (χ4n) is 2.60. The molecule has 1 aliphatic heterocycles. The van der Waals surface area contributed by atoms with Crippen molar-refractivity contribution in [3.05, 3.63) is 35.4 Å². The molecule has 1 heterocycles. The third-order valence-corrected chi connectivity index (χ3v) is 3.44. The second-order valence-corrected chi connectivity index (χ2v) is 5.20. The van der Waals surface area contributed by atoms with Crippen LogP contribution in [0.25, 0.3) is 0 Å². The molecule has 2 rings (SSSR count). The lowest BCUT2D eigenvalue weighted by Crippen LogP contribution is -2.19. The molecule has 0 aliphatic carbocycles. The van der Waals surface area contributed by atoms with Gasteiger partial charge in [0.2, 0.25) is 0 Å². The van der Waals surface area contributed by atoms with E-state index in [0.29, 0.717) is 0 Å². The highest BCUT2D eigenvalue weighted by Gasteiger charge is 2.18. The van der Waals surface area contributed by atoms with E-state index in [1.54, 1.807) is 0 Å². The average molecular weight is 217 g/mol. The van der Waals surface area contributed by atoms with Crippen LogP contribution in [0.2, 0.25) is 0 Å². The summed E-state index contributed by atoms with van der Waals surface area (Å²) >= 11 is 0. The number of likely N-dealkylation sites (tertiary alicyclic amines) is 1. The minimum atomic E-state index is 0.888. The topological polar surface area (TPSA) is 3.24 Å². The molecular weight excluding hydrogens is 194 g/mol. The minimum absolute atomic E-state index is 0.888. The first-order valence-electron chi connectivity index (χ1n) is 6.58. The lowest BCUT2D eigenvalue weighted by Gasteiger charge is -2.15. The van der Waals surface area contributed by atoms with E-state index in [2.05, 4.69) is 43.0 Å². The molecule has 1 unspecified atom stereocenters. The van der Waals surface area contributed by atoms with Crippen molar-refractivity contribution in [2.24, 2.45) is 5.92 Å². The van der Waals surface area contributed by atoms with Crippen molar-refractivity contribution < 1.29 is 0 Å². The van der Waals surface area contributed by atoms with Gasteiger partial charge in [0.25, 0.3) is 0 Å². The zero-order valence-electron chi connectivity index (χ0n) is 10.6. The van der Waals surface area contributed by atoms with Crippen LogP contribution in [0.15, 0.2) is 24.3 Å². The van der Waals surface area contributed by atoms with Crippen molar-refractivity contribution >= 4 is 0 Å². The molecule has 0 radical (unpaired) electrons. The Balaban J connectivity index is 1.95. The predicted octanol–water partition coefficient (Wildman–Crippen LogP) is 3.48. The number of aryl methyl sites for hydroxylation is 1. The van der Waals surface area contributed by atoms with Crippen molar-refractivity contribution in [1.29, 1.82) is 0 Å². The third-order valence-electron chi connectivity index (χ3n) is 3.44. The molecule has 1 fully saturated rings. The molecule has 1 saturated heterocycles. The zero-order valence-corrected chi connectivity index (χ0v) is 10.6. The zero-order chi connectivity index (χ0) is 11.4. The van der Waals surface area contributed by atoms with Gasteiger partial charge in [-0.1, -0.05) is 44.5 Å². The average Bonchev–Trinajstić information content (AvgIpc) is 2.65. The van der Waals surface area contributed by atoms with Crippen molar-refractivity contribution in [3.63, 3.8) is 0 Å². The summed E-state index contributed by atoms with van der Waals surface area (Å²) in [6.07, 6.45) is 3.82. The van der Waals surface area contributed by atoms with Gasteiger partial charge in [0.15, 0.2) is 0 Å². The normalized spacial score (nSPS) is 21.5. The fraction of sp³-hybridized carbons (Fsp3) is 0.600. The molecule has 0 bridgehead atoms. The Morgan fingerprint density at radius 1 is 1.31 bits per heavy atom. The Hall–Kier alpha value is -0.820. The van der Waals surface area contributed by atoms with E-state index in [1.165, 1.54) is 43.5 Å². The molecule has 1 aromatic carbocycles. The van der Waals surface area contributed by atoms with Gasteiger partial charge in [-0.2, -0.15) is 0 Å². The van der Waals surface area contributed by atoms with E-state index in [0.717, 1.165) is 12.5 Å². The van der Waals surface area contributed by atoms with Crippen LogP contribution in [0.5, 0.6) is 0 Å². The Bertz CT molecular complexity index is 332. The van der Waals surface area contributed by atoms with E-state index in [9.17, 15) is 0 Å². The number of nitrogens with zero attached hydrogens (tertiary/aromatic N) is 1. The highest BCUT2D eigenvalue weighted by Crippen LogP contribution is 2.18. The highest BCUT2D eigenvalue weighted by molar-refractivity contribution is 5.23. The van der Waals surface area contributed by atoms with Crippen LogP contribution in [0.1, 0.15) is 37.8 Å². The molecule has 1 heteroatoms. The molecule has 1 atom stereocenters. The third kappa shape index (κ3) is 3.08. The van der Waals surface area contributed by atoms with E-state index in [4.69, 9.17) is 0 Å². The number of hydrogen-bond donors (Lipinski definition) is 0. The van der Waals surface area contributed by atoms with Crippen LogP contribution < -0.4 is 0 Å². The van der Waals surface area contributed by atoms with Gasteiger partial charge in [-0.3, -0.25) is 4.90 Å². The Kier molecular flexibility index (Phi) is 4.00. The van der Waals surface area contributed by atoms with E-state index >= 15 is 0 Å². The summed E-state index contributed by atoms with van der Waals surface area (Å²) in [5.41, 5.74) is 2.98. The van der Waals surface area contributed by atoms with Crippen LogP contribution >= 0.6 is 0 Å². The van der Waals surface area contributed by atoms with E-state index < -0.39 is 0 Å².